The normalized spacial score (nSPS) is 10.4. The first kappa shape index (κ1) is 16.7. The zero-order valence-electron chi connectivity index (χ0n) is 14.1. The van der Waals surface area contributed by atoms with Crippen molar-refractivity contribution in [1.82, 2.24) is 0 Å². The molecule has 0 aliphatic carbocycles. The van der Waals surface area contributed by atoms with Crippen molar-refractivity contribution in [3.05, 3.63) is 72.3 Å². The summed E-state index contributed by atoms with van der Waals surface area (Å²) >= 11 is 0. The van der Waals surface area contributed by atoms with Gasteiger partial charge < -0.3 is 10.6 Å². The van der Waals surface area contributed by atoms with Crippen molar-refractivity contribution in [3.63, 3.8) is 0 Å². The fraction of sp³-hybridized carbons (Fsp3) is 0.143. The first-order valence-corrected chi connectivity index (χ1v) is 8.32. The topological polar surface area (TPSA) is 58.2 Å². The van der Waals surface area contributed by atoms with E-state index in [4.69, 9.17) is 0 Å². The number of anilines is 2. The van der Waals surface area contributed by atoms with Crippen molar-refractivity contribution in [2.75, 3.05) is 10.6 Å². The van der Waals surface area contributed by atoms with Crippen molar-refractivity contribution in [1.29, 1.82) is 0 Å². The van der Waals surface area contributed by atoms with Crippen LogP contribution in [0.25, 0.3) is 10.8 Å². The van der Waals surface area contributed by atoms with Gasteiger partial charge in [-0.15, -0.1) is 0 Å². The molecule has 0 bridgehead atoms. The van der Waals surface area contributed by atoms with E-state index in [1.54, 1.807) is 25.1 Å². The van der Waals surface area contributed by atoms with Crippen LogP contribution in [0.3, 0.4) is 0 Å². The van der Waals surface area contributed by atoms with Crippen LogP contribution in [0.1, 0.15) is 18.9 Å². The molecule has 0 spiro atoms. The van der Waals surface area contributed by atoms with Gasteiger partial charge in [0.2, 0.25) is 11.8 Å². The molecule has 25 heavy (non-hydrogen) atoms. The Kier molecular flexibility index (Phi) is 5.09. The molecule has 2 N–H and O–H groups in total. The molecule has 0 aromatic heterocycles. The Bertz CT molecular complexity index is 913. The average molecular weight is 332 g/mol. The Morgan fingerprint density at radius 3 is 2.20 bits per heavy atom. The third kappa shape index (κ3) is 4.23. The minimum atomic E-state index is -0.0877. The van der Waals surface area contributed by atoms with E-state index in [0.29, 0.717) is 24.2 Å². The van der Waals surface area contributed by atoms with Crippen molar-refractivity contribution in [2.45, 2.75) is 19.8 Å². The summed E-state index contributed by atoms with van der Waals surface area (Å²) in [6.45, 7) is 1.80. The highest BCUT2D eigenvalue weighted by molar-refractivity contribution is 5.97. The van der Waals surface area contributed by atoms with Crippen LogP contribution in [0, 0.1) is 0 Å². The number of amides is 2. The molecule has 4 nitrogen and oxygen atoms in total. The minimum absolute atomic E-state index is 0.0563. The minimum Gasteiger partial charge on any atom is -0.326 e. The summed E-state index contributed by atoms with van der Waals surface area (Å²) in [7, 11) is 0. The third-order valence-electron chi connectivity index (χ3n) is 3.98. The number of hydrogen-bond donors (Lipinski definition) is 2. The maximum atomic E-state index is 12.4. The predicted octanol–water partition coefficient (Wildman–Crippen LogP) is 4.37. The molecule has 0 aliphatic rings. The van der Waals surface area contributed by atoms with Gasteiger partial charge in [-0.2, -0.15) is 0 Å². The fourth-order valence-corrected chi connectivity index (χ4v) is 2.75. The van der Waals surface area contributed by atoms with E-state index in [2.05, 4.69) is 10.6 Å². The molecule has 2 amide bonds. The Balaban J connectivity index is 1.72. The molecule has 0 saturated heterocycles. The Labute approximate surface area is 146 Å². The highest BCUT2D eigenvalue weighted by Gasteiger charge is 2.08. The summed E-state index contributed by atoms with van der Waals surface area (Å²) in [5.41, 5.74) is 2.33. The van der Waals surface area contributed by atoms with Crippen LogP contribution in [0.2, 0.25) is 0 Å². The Morgan fingerprint density at radius 2 is 1.44 bits per heavy atom. The quantitative estimate of drug-likeness (QED) is 0.729. The molecule has 3 aromatic rings. The van der Waals surface area contributed by atoms with Crippen molar-refractivity contribution in [2.24, 2.45) is 0 Å². The van der Waals surface area contributed by atoms with E-state index in [0.717, 1.165) is 16.3 Å². The monoisotopic (exact) mass is 332 g/mol. The number of carbonyl (C=O) groups is 2. The standard InChI is InChI=1S/C21H20N2O2/c1-2-20(24)22-17-10-6-11-18(14-17)23-21(25)13-16-9-5-8-15-7-3-4-12-19(15)16/h3-12,14H,2,13H2,1H3,(H,22,24)(H,23,25). The van der Waals surface area contributed by atoms with Crippen molar-refractivity contribution >= 4 is 34.0 Å². The smallest absolute Gasteiger partial charge is 0.228 e. The van der Waals surface area contributed by atoms with Gasteiger partial charge in [0.25, 0.3) is 0 Å². The molecule has 0 unspecified atom stereocenters. The number of carbonyl (C=O) groups excluding carboxylic acids is 2. The van der Waals surface area contributed by atoms with Crippen LogP contribution in [0.4, 0.5) is 11.4 Å². The summed E-state index contributed by atoms with van der Waals surface area (Å²) in [4.78, 5) is 23.9. The lowest BCUT2D eigenvalue weighted by Crippen LogP contribution is -2.15. The zero-order chi connectivity index (χ0) is 17.6. The molecule has 0 aliphatic heterocycles. The second-order valence-corrected chi connectivity index (χ2v) is 5.85. The highest BCUT2D eigenvalue weighted by atomic mass is 16.2. The summed E-state index contributed by atoms with van der Waals surface area (Å²) in [6.07, 6.45) is 0.713. The molecule has 4 heteroatoms. The Hall–Kier alpha value is -3.14. The largest absolute Gasteiger partial charge is 0.326 e. The maximum Gasteiger partial charge on any atom is 0.228 e. The van der Waals surface area contributed by atoms with Crippen LogP contribution in [0.15, 0.2) is 66.7 Å². The van der Waals surface area contributed by atoms with Gasteiger partial charge in [0.1, 0.15) is 0 Å². The van der Waals surface area contributed by atoms with E-state index in [9.17, 15) is 9.59 Å². The molecule has 3 aromatic carbocycles. The lowest BCUT2D eigenvalue weighted by atomic mass is 10.0. The number of fused-ring (bicyclic) bond motifs is 1. The van der Waals surface area contributed by atoms with Gasteiger partial charge in [-0.3, -0.25) is 9.59 Å². The van der Waals surface area contributed by atoms with Gasteiger partial charge in [0, 0.05) is 17.8 Å². The van der Waals surface area contributed by atoms with Crippen LogP contribution in [0.5, 0.6) is 0 Å². The number of benzene rings is 3. The summed E-state index contributed by atoms with van der Waals surface area (Å²) in [6, 6.07) is 21.2. The third-order valence-corrected chi connectivity index (χ3v) is 3.98. The van der Waals surface area contributed by atoms with E-state index in [1.165, 1.54) is 0 Å². The van der Waals surface area contributed by atoms with Gasteiger partial charge >= 0.3 is 0 Å². The van der Waals surface area contributed by atoms with Crippen LogP contribution in [-0.2, 0) is 16.0 Å². The van der Waals surface area contributed by atoms with Gasteiger partial charge in [-0.1, -0.05) is 55.5 Å². The number of hydrogen-bond acceptors (Lipinski definition) is 2. The first-order valence-electron chi connectivity index (χ1n) is 8.32. The first-order chi connectivity index (χ1) is 12.2. The molecule has 126 valence electrons. The average Bonchev–Trinajstić information content (AvgIpc) is 2.62. The molecule has 3 rings (SSSR count). The van der Waals surface area contributed by atoms with E-state index in [-0.39, 0.29) is 11.8 Å². The molecular weight excluding hydrogens is 312 g/mol. The van der Waals surface area contributed by atoms with E-state index >= 15 is 0 Å². The summed E-state index contributed by atoms with van der Waals surface area (Å²) < 4.78 is 0. The lowest BCUT2D eigenvalue weighted by Gasteiger charge is -2.10. The molecule has 0 radical (unpaired) electrons. The van der Waals surface area contributed by atoms with Crippen molar-refractivity contribution in [3.8, 4) is 0 Å². The maximum absolute atomic E-state index is 12.4. The van der Waals surface area contributed by atoms with Gasteiger partial charge in [0.05, 0.1) is 6.42 Å². The van der Waals surface area contributed by atoms with Gasteiger partial charge in [-0.05, 0) is 34.5 Å². The molecule has 0 saturated carbocycles. The molecule has 0 atom stereocenters. The SMILES string of the molecule is CCC(=O)Nc1cccc(NC(=O)Cc2cccc3ccccc23)c1. The number of nitrogens with one attached hydrogen (secondary N) is 2. The summed E-state index contributed by atoms with van der Waals surface area (Å²) in [5.74, 6) is -0.144. The van der Waals surface area contributed by atoms with E-state index in [1.807, 2.05) is 48.5 Å². The van der Waals surface area contributed by atoms with Gasteiger partial charge in [0.15, 0.2) is 0 Å². The Morgan fingerprint density at radius 1 is 0.800 bits per heavy atom. The van der Waals surface area contributed by atoms with Gasteiger partial charge in [-0.25, -0.2) is 0 Å². The molecule has 0 fully saturated rings. The van der Waals surface area contributed by atoms with Crippen LogP contribution >= 0.6 is 0 Å². The summed E-state index contributed by atoms with van der Waals surface area (Å²) in [5, 5.41) is 7.89. The van der Waals surface area contributed by atoms with E-state index < -0.39 is 0 Å². The number of rotatable bonds is 5. The van der Waals surface area contributed by atoms with Crippen LogP contribution in [-0.4, -0.2) is 11.8 Å². The molecular formula is C21H20N2O2. The molecule has 0 heterocycles. The zero-order valence-corrected chi connectivity index (χ0v) is 14.1. The lowest BCUT2D eigenvalue weighted by molar-refractivity contribution is -0.116. The van der Waals surface area contributed by atoms with Crippen molar-refractivity contribution < 1.29 is 9.59 Å². The fourth-order valence-electron chi connectivity index (χ4n) is 2.75. The highest BCUT2D eigenvalue weighted by Crippen LogP contribution is 2.20. The van der Waals surface area contributed by atoms with Crippen LogP contribution < -0.4 is 10.6 Å². The second-order valence-electron chi connectivity index (χ2n) is 5.85. The second kappa shape index (κ2) is 7.62. The predicted molar refractivity (Wildman–Crippen MR) is 102 cm³/mol.